The van der Waals surface area contributed by atoms with Gasteiger partial charge in [-0.2, -0.15) is 0 Å². The molecule has 0 aromatic carbocycles. The SMILES string of the molecule is C=CCNC(=O)Oc1ccon1. The number of carbonyl (C=O) groups is 1. The van der Waals surface area contributed by atoms with Crippen molar-refractivity contribution in [2.24, 2.45) is 0 Å². The van der Waals surface area contributed by atoms with Crippen molar-refractivity contribution in [2.75, 3.05) is 6.54 Å². The van der Waals surface area contributed by atoms with E-state index in [2.05, 4.69) is 26.3 Å². The fourth-order valence-corrected chi connectivity index (χ4v) is 0.541. The molecule has 0 aliphatic heterocycles. The average Bonchev–Trinajstić information content (AvgIpc) is 2.53. The topological polar surface area (TPSA) is 64.4 Å². The van der Waals surface area contributed by atoms with Crippen LogP contribution in [-0.2, 0) is 0 Å². The van der Waals surface area contributed by atoms with E-state index in [4.69, 9.17) is 0 Å². The van der Waals surface area contributed by atoms with Crippen molar-refractivity contribution < 1.29 is 14.1 Å². The Balaban J connectivity index is 2.32. The van der Waals surface area contributed by atoms with E-state index in [1.807, 2.05) is 0 Å². The van der Waals surface area contributed by atoms with Gasteiger partial charge in [0.15, 0.2) is 0 Å². The van der Waals surface area contributed by atoms with Crippen molar-refractivity contribution in [3.8, 4) is 5.88 Å². The summed E-state index contributed by atoms with van der Waals surface area (Å²) in [6.07, 6.45) is 2.28. The number of nitrogens with one attached hydrogen (secondary N) is 1. The van der Waals surface area contributed by atoms with Gasteiger partial charge >= 0.3 is 6.09 Å². The first kappa shape index (κ1) is 8.32. The molecule has 1 aromatic heterocycles. The van der Waals surface area contributed by atoms with E-state index >= 15 is 0 Å². The van der Waals surface area contributed by atoms with Crippen LogP contribution in [0.25, 0.3) is 0 Å². The van der Waals surface area contributed by atoms with Crippen LogP contribution < -0.4 is 10.1 Å². The molecule has 0 fully saturated rings. The first-order chi connectivity index (χ1) is 5.83. The molecule has 12 heavy (non-hydrogen) atoms. The van der Waals surface area contributed by atoms with Gasteiger partial charge in [-0.1, -0.05) is 6.08 Å². The van der Waals surface area contributed by atoms with Crippen LogP contribution >= 0.6 is 0 Å². The van der Waals surface area contributed by atoms with E-state index in [1.54, 1.807) is 6.08 Å². The lowest BCUT2D eigenvalue weighted by Crippen LogP contribution is -2.26. The molecule has 0 saturated carbocycles. The molecule has 0 saturated heterocycles. The lowest BCUT2D eigenvalue weighted by molar-refractivity contribution is 0.197. The van der Waals surface area contributed by atoms with Gasteiger partial charge in [0.05, 0.1) is 0 Å². The highest BCUT2D eigenvalue weighted by Crippen LogP contribution is 2.03. The van der Waals surface area contributed by atoms with Gasteiger partial charge in [-0.25, -0.2) is 4.79 Å². The summed E-state index contributed by atoms with van der Waals surface area (Å²) in [6.45, 7) is 3.78. The van der Waals surface area contributed by atoms with Crippen LogP contribution in [0.5, 0.6) is 5.88 Å². The summed E-state index contributed by atoms with van der Waals surface area (Å²) in [5.41, 5.74) is 0. The Labute approximate surface area is 69.0 Å². The van der Waals surface area contributed by atoms with Gasteiger partial charge in [-0.05, 0) is 5.16 Å². The number of amides is 1. The molecule has 0 radical (unpaired) electrons. The first-order valence-corrected chi connectivity index (χ1v) is 3.30. The van der Waals surface area contributed by atoms with E-state index in [1.165, 1.54) is 12.3 Å². The van der Waals surface area contributed by atoms with E-state index in [0.29, 0.717) is 6.54 Å². The Morgan fingerprint density at radius 3 is 3.33 bits per heavy atom. The standard InChI is InChI=1S/C7H8N2O3/c1-2-4-8-7(10)12-6-3-5-11-9-6/h2-3,5H,1,4H2,(H,8,10). The quantitative estimate of drug-likeness (QED) is 0.682. The summed E-state index contributed by atoms with van der Waals surface area (Å²) >= 11 is 0. The normalized spacial score (nSPS) is 9.00. The van der Waals surface area contributed by atoms with Gasteiger partial charge in [0.25, 0.3) is 5.88 Å². The minimum absolute atomic E-state index is 0.136. The van der Waals surface area contributed by atoms with Gasteiger partial charge in [0.2, 0.25) is 0 Å². The van der Waals surface area contributed by atoms with Crippen LogP contribution in [0.4, 0.5) is 4.79 Å². The van der Waals surface area contributed by atoms with E-state index in [-0.39, 0.29) is 5.88 Å². The minimum Gasteiger partial charge on any atom is -0.388 e. The fourth-order valence-electron chi connectivity index (χ4n) is 0.541. The highest BCUT2D eigenvalue weighted by atomic mass is 16.6. The summed E-state index contributed by atoms with van der Waals surface area (Å²) in [7, 11) is 0. The van der Waals surface area contributed by atoms with Crippen LogP contribution in [0.15, 0.2) is 29.5 Å². The van der Waals surface area contributed by atoms with E-state index < -0.39 is 6.09 Å². The molecular weight excluding hydrogens is 160 g/mol. The van der Waals surface area contributed by atoms with Crippen molar-refractivity contribution in [1.82, 2.24) is 10.5 Å². The monoisotopic (exact) mass is 168 g/mol. The van der Waals surface area contributed by atoms with Crippen molar-refractivity contribution >= 4 is 6.09 Å². The molecule has 0 atom stereocenters. The average molecular weight is 168 g/mol. The van der Waals surface area contributed by atoms with Crippen molar-refractivity contribution in [3.63, 3.8) is 0 Å². The third kappa shape index (κ3) is 2.45. The highest BCUT2D eigenvalue weighted by molar-refractivity contribution is 5.69. The molecule has 1 N–H and O–H groups in total. The molecule has 0 bridgehead atoms. The Hall–Kier alpha value is -1.78. The maximum atomic E-state index is 10.8. The molecule has 1 rings (SSSR count). The maximum Gasteiger partial charge on any atom is 0.414 e. The molecule has 5 heteroatoms. The smallest absolute Gasteiger partial charge is 0.388 e. The third-order valence-corrected chi connectivity index (χ3v) is 1.00. The first-order valence-electron chi connectivity index (χ1n) is 3.30. The second-order valence-corrected chi connectivity index (χ2v) is 1.90. The number of hydrogen-bond donors (Lipinski definition) is 1. The number of carbonyl (C=O) groups excluding carboxylic acids is 1. The highest BCUT2D eigenvalue weighted by Gasteiger charge is 2.03. The minimum atomic E-state index is -0.580. The number of ether oxygens (including phenoxy) is 1. The summed E-state index contributed by atoms with van der Waals surface area (Å²) in [5, 5.41) is 5.79. The van der Waals surface area contributed by atoms with Gasteiger partial charge in [0, 0.05) is 12.6 Å². The van der Waals surface area contributed by atoms with E-state index in [0.717, 1.165) is 0 Å². The largest absolute Gasteiger partial charge is 0.414 e. The molecule has 0 aliphatic carbocycles. The number of rotatable bonds is 3. The van der Waals surface area contributed by atoms with E-state index in [9.17, 15) is 4.79 Å². The third-order valence-electron chi connectivity index (χ3n) is 1.00. The van der Waals surface area contributed by atoms with Crippen LogP contribution in [0.1, 0.15) is 0 Å². The van der Waals surface area contributed by atoms with Gasteiger partial charge in [-0.3, -0.25) is 0 Å². The predicted octanol–water partition coefficient (Wildman–Crippen LogP) is 0.949. The molecule has 5 nitrogen and oxygen atoms in total. The Bertz CT molecular complexity index is 256. The molecular formula is C7H8N2O3. The van der Waals surface area contributed by atoms with Crippen LogP contribution in [0.3, 0.4) is 0 Å². The molecule has 0 unspecified atom stereocenters. The number of nitrogens with zero attached hydrogens (tertiary/aromatic N) is 1. The Morgan fingerprint density at radius 1 is 1.92 bits per heavy atom. The lowest BCUT2D eigenvalue weighted by Gasteiger charge is -1.99. The zero-order valence-electron chi connectivity index (χ0n) is 6.32. The molecule has 1 heterocycles. The molecule has 0 spiro atoms. The van der Waals surface area contributed by atoms with Crippen molar-refractivity contribution in [3.05, 3.63) is 25.0 Å². The zero-order chi connectivity index (χ0) is 8.81. The summed E-state index contributed by atoms with van der Waals surface area (Å²) in [5.74, 6) is 0.136. The van der Waals surface area contributed by atoms with Gasteiger partial charge < -0.3 is 14.6 Å². The van der Waals surface area contributed by atoms with Gasteiger partial charge in [-0.15, -0.1) is 6.58 Å². The summed E-state index contributed by atoms with van der Waals surface area (Å²) in [4.78, 5) is 10.8. The van der Waals surface area contributed by atoms with Crippen molar-refractivity contribution in [2.45, 2.75) is 0 Å². The molecule has 64 valence electrons. The number of aromatic nitrogens is 1. The molecule has 0 aliphatic rings. The van der Waals surface area contributed by atoms with Crippen LogP contribution in [0, 0.1) is 0 Å². The second-order valence-electron chi connectivity index (χ2n) is 1.90. The number of hydrogen-bond acceptors (Lipinski definition) is 4. The fraction of sp³-hybridized carbons (Fsp3) is 0.143. The Kier molecular flexibility index (Phi) is 2.89. The maximum absolute atomic E-state index is 10.8. The molecule has 1 amide bonds. The zero-order valence-corrected chi connectivity index (χ0v) is 6.32. The predicted molar refractivity (Wildman–Crippen MR) is 40.7 cm³/mol. The summed E-state index contributed by atoms with van der Waals surface area (Å²) in [6, 6.07) is 1.44. The lowest BCUT2D eigenvalue weighted by atomic mass is 10.6. The van der Waals surface area contributed by atoms with Crippen LogP contribution in [0.2, 0.25) is 0 Å². The molecule has 1 aromatic rings. The Morgan fingerprint density at radius 2 is 2.75 bits per heavy atom. The van der Waals surface area contributed by atoms with Gasteiger partial charge in [0.1, 0.15) is 6.26 Å². The van der Waals surface area contributed by atoms with Crippen LogP contribution in [-0.4, -0.2) is 17.8 Å². The summed E-state index contributed by atoms with van der Waals surface area (Å²) < 4.78 is 9.10. The second kappa shape index (κ2) is 4.17. The van der Waals surface area contributed by atoms with Crippen molar-refractivity contribution in [1.29, 1.82) is 0 Å².